The summed E-state index contributed by atoms with van der Waals surface area (Å²) in [5.74, 6) is 1.35. The number of nitrogens with one attached hydrogen (secondary N) is 2. The number of sulfonamides is 1. The average molecular weight is 425 g/mol. The van der Waals surface area contributed by atoms with Gasteiger partial charge in [-0.25, -0.2) is 18.1 Å². The van der Waals surface area contributed by atoms with Gasteiger partial charge in [-0.1, -0.05) is 6.92 Å². The highest BCUT2D eigenvalue weighted by Gasteiger charge is 2.28. The Bertz CT molecular complexity index is 891. The van der Waals surface area contributed by atoms with E-state index in [1.807, 2.05) is 25.5 Å². The zero-order chi connectivity index (χ0) is 20.1. The average Bonchev–Trinajstić information content (AvgIpc) is 3.34. The summed E-state index contributed by atoms with van der Waals surface area (Å²) in [6.45, 7) is 6.69. The maximum Gasteiger partial charge on any atom is 0.250 e. The van der Waals surface area contributed by atoms with Crippen molar-refractivity contribution in [2.24, 2.45) is 10.9 Å². The molecule has 1 aliphatic heterocycles. The molecule has 2 unspecified atom stereocenters. The Hall–Kier alpha value is -1.91. The Morgan fingerprint density at radius 2 is 2.21 bits per heavy atom. The summed E-state index contributed by atoms with van der Waals surface area (Å²) < 4.78 is 29.7. The fraction of sp³-hybridized carbons (Fsp3) is 0.556. The number of aryl methyl sites for hydroxylation is 1. The number of thiophene rings is 1. The van der Waals surface area contributed by atoms with E-state index in [1.165, 1.54) is 11.3 Å². The lowest BCUT2D eigenvalue weighted by Crippen LogP contribution is -2.50. The van der Waals surface area contributed by atoms with Gasteiger partial charge in [-0.05, 0) is 31.4 Å². The zero-order valence-corrected chi connectivity index (χ0v) is 18.1. The molecule has 0 aromatic carbocycles. The van der Waals surface area contributed by atoms with Crippen molar-refractivity contribution in [2.75, 3.05) is 33.2 Å². The number of likely N-dealkylation sites (tertiary alicyclic amines) is 1. The molecule has 0 bridgehead atoms. The Morgan fingerprint density at radius 1 is 1.39 bits per heavy atom. The molecule has 2 atom stereocenters. The first-order chi connectivity index (χ1) is 13.4. The van der Waals surface area contributed by atoms with Crippen molar-refractivity contribution in [3.05, 3.63) is 35.7 Å². The highest BCUT2D eigenvalue weighted by Crippen LogP contribution is 2.27. The Kier molecular flexibility index (Phi) is 6.73. The van der Waals surface area contributed by atoms with E-state index in [1.54, 1.807) is 19.3 Å². The first-order valence-corrected chi connectivity index (χ1v) is 11.7. The van der Waals surface area contributed by atoms with Crippen molar-refractivity contribution in [3.63, 3.8) is 0 Å². The van der Waals surface area contributed by atoms with Crippen molar-refractivity contribution in [1.82, 2.24) is 24.5 Å². The van der Waals surface area contributed by atoms with Crippen LogP contribution in [0.4, 0.5) is 0 Å². The minimum atomic E-state index is -3.45. The molecule has 2 aromatic heterocycles. The van der Waals surface area contributed by atoms with Crippen LogP contribution < -0.4 is 10.0 Å². The van der Waals surface area contributed by atoms with E-state index < -0.39 is 10.0 Å². The summed E-state index contributed by atoms with van der Waals surface area (Å²) in [6.07, 6.45) is 6.73. The van der Waals surface area contributed by atoms with Crippen LogP contribution in [-0.2, 0) is 10.0 Å². The molecule has 10 heteroatoms. The minimum absolute atomic E-state index is 0.299. The third-order valence-corrected chi connectivity index (χ3v) is 7.97. The first kappa shape index (κ1) is 20.8. The van der Waals surface area contributed by atoms with Gasteiger partial charge >= 0.3 is 0 Å². The summed E-state index contributed by atoms with van der Waals surface area (Å²) in [5.41, 5.74) is 0. The zero-order valence-electron chi connectivity index (χ0n) is 16.5. The van der Waals surface area contributed by atoms with Gasteiger partial charge in [0.25, 0.3) is 0 Å². The fourth-order valence-corrected chi connectivity index (χ4v) is 5.77. The third-order valence-electron chi connectivity index (χ3n) is 5.02. The van der Waals surface area contributed by atoms with E-state index >= 15 is 0 Å². The molecule has 0 aliphatic carbocycles. The first-order valence-electron chi connectivity index (χ1n) is 9.40. The van der Waals surface area contributed by atoms with Crippen molar-refractivity contribution < 1.29 is 8.42 Å². The molecule has 0 spiro atoms. The number of hydrogen-bond donors (Lipinski definition) is 2. The van der Waals surface area contributed by atoms with Crippen LogP contribution in [0.3, 0.4) is 0 Å². The number of hydrogen-bond acceptors (Lipinski definition) is 5. The van der Waals surface area contributed by atoms with Crippen LogP contribution in [0.5, 0.6) is 0 Å². The van der Waals surface area contributed by atoms with Crippen LogP contribution in [-0.4, -0.2) is 62.1 Å². The number of guanidine groups is 1. The second-order valence-corrected chi connectivity index (χ2v) is 10.3. The van der Waals surface area contributed by atoms with E-state index in [4.69, 9.17) is 0 Å². The van der Waals surface area contributed by atoms with E-state index in [0.717, 1.165) is 30.3 Å². The summed E-state index contributed by atoms with van der Waals surface area (Å²) in [4.78, 5) is 11.7. The van der Waals surface area contributed by atoms with Gasteiger partial charge in [-0.2, -0.15) is 0 Å². The molecular weight excluding hydrogens is 396 g/mol. The van der Waals surface area contributed by atoms with Gasteiger partial charge in [0.05, 0.1) is 12.4 Å². The largest absolute Gasteiger partial charge is 0.355 e. The molecule has 154 valence electrons. The standard InChI is InChI=1S/C18H28N6O2S2/c1-14-6-10-23(12-16(14)24-11-9-20-13-24)18(19-3)21-7-8-22-28(25,26)17-5-4-15(2)27-17/h4-5,9,11,13-14,16,22H,6-8,10,12H2,1-3H3,(H,19,21). The van der Waals surface area contributed by atoms with E-state index in [2.05, 4.69) is 36.4 Å². The topological polar surface area (TPSA) is 91.6 Å². The Labute approximate surface area is 170 Å². The van der Waals surface area contributed by atoms with Gasteiger partial charge in [0.1, 0.15) is 4.21 Å². The van der Waals surface area contributed by atoms with Gasteiger partial charge in [-0.15, -0.1) is 11.3 Å². The maximum absolute atomic E-state index is 12.3. The molecule has 0 radical (unpaired) electrons. The smallest absolute Gasteiger partial charge is 0.250 e. The Morgan fingerprint density at radius 3 is 2.86 bits per heavy atom. The molecule has 2 aromatic rings. The number of aromatic nitrogens is 2. The molecule has 0 amide bonds. The van der Waals surface area contributed by atoms with Gasteiger partial charge < -0.3 is 14.8 Å². The third kappa shape index (κ3) is 4.92. The number of aliphatic imine (C=N–C) groups is 1. The van der Waals surface area contributed by atoms with Gasteiger partial charge in [0, 0.05) is 50.5 Å². The molecule has 3 rings (SSSR count). The van der Waals surface area contributed by atoms with Crippen molar-refractivity contribution in [3.8, 4) is 0 Å². The van der Waals surface area contributed by atoms with Crippen LogP contribution in [0, 0.1) is 12.8 Å². The summed E-state index contributed by atoms with van der Waals surface area (Å²) >= 11 is 1.28. The van der Waals surface area contributed by atoms with Crippen LogP contribution in [0.1, 0.15) is 24.3 Å². The normalized spacial score (nSPS) is 21.1. The van der Waals surface area contributed by atoms with Gasteiger partial charge in [-0.3, -0.25) is 4.99 Å². The lowest BCUT2D eigenvalue weighted by Gasteiger charge is -2.39. The number of imidazole rings is 1. The summed E-state index contributed by atoms with van der Waals surface area (Å²) in [7, 11) is -1.69. The predicted octanol–water partition coefficient (Wildman–Crippen LogP) is 1.69. The molecular formula is C18H28N6O2S2. The molecule has 1 saturated heterocycles. The Balaban J connectivity index is 1.52. The molecule has 8 nitrogen and oxygen atoms in total. The van der Waals surface area contributed by atoms with Crippen LogP contribution >= 0.6 is 11.3 Å². The number of piperidine rings is 1. The molecule has 28 heavy (non-hydrogen) atoms. The van der Waals surface area contributed by atoms with Crippen molar-refractivity contribution in [2.45, 2.75) is 30.5 Å². The molecule has 1 aliphatic rings. The minimum Gasteiger partial charge on any atom is -0.355 e. The van der Waals surface area contributed by atoms with Crippen LogP contribution in [0.25, 0.3) is 0 Å². The van der Waals surface area contributed by atoms with Crippen LogP contribution in [0.15, 0.2) is 40.1 Å². The second kappa shape index (κ2) is 9.06. The van der Waals surface area contributed by atoms with Crippen LogP contribution in [0.2, 0.25) is 0 Å². The van der Waals surface area contributed by atoms with Crippen molar-refractivity contribution in [1.29, 1.82) is 0 Å². The predicted molar refractivity (Wildman–Crippen MR) is 112 cm³/mol. The SMILES string of the molecule is CN=C(NCCNS(=O)(=O)c1ccc(C)s1)N1CCC(C)C(n2ccnc2)C1. The lowest BCUT2D eigenvalue weighted by molar-refractivity contribution is 0.189. The van der Waals surface area contributed by atoms with E-state index in [0.29, 0.717) is 29.3 Å². The fourth-order valence-electron chi connectivity index (χ4n) is 3.41. The quantitative estimate of drug-likeness (QED) is 0.418. The summed E-state index contributed by atoms with van der Waals surface area (Å²) in [6, 6.07) is 3.79. The molecule has 0 saturated carbocycles. The van der Waals surface area contributed by atoms with Crippen molar-refractivity contribution >= 4 is 27.3 Å². The lowest BCUT2D eigenvalue weighted by atomic mass is 9.93. The summed E-state index contributed by atoms with van der Waals surface area (Å²) in [5, 5.41) is 3.28. The number of rotatable bonds is 6. The monoisotopic (exact) mass is 424 g/mol. The van der Waals surface area contributed by atoms with E-state index in [-0.39, 0.29) is 0 Å². The van der Waals surface area contributed by atoms with E-state index in [9.17, 15) is 8.42 Å². The van der Waals surface area contributed by atoms with Gasteiger partial charge in [0.2, 0.25) is 10.0 Å². The highest BCUT2D eigenvalue weighted by molar-refractivity contribution is 7.91. The molecule has 2 N–H and O–H groups in total. The highest BCUT2D eigenvalue weighted by atomic mass is 32.2. The molecule has 1 fully saturated rings. The maximum atomic E-state index is 12.3. The number of nitrogens with zero attached hydrogens (tertiary/aromatic N) is 4. The molecule has 3 heterocycles. The van der Waals surface area contributed by atoms with Gasteiger partial charge in [0.15, 0.2) is 5.96 Å². The second-order valence-electron chi connectivity index (χ2n) is 7.03.